The first-order valence-corrected chi connectivity index (χ1v) is 6.28. The topological polar surface area (TPSA) is 77.7 Å². The second-order valence-corrected chi connectivity index (χ2v) is 4.22. The zero-order valence-electron chi connectivity index (χ0n) is 11.8. The maximum atomic E-state index is 13.2. The highest BCUT2D eigenvalue weighted by molar-refractivity contribution is 5.98. The van der Waals surface area contributed by atoms with Gasteiger partial charge in [-0.15, -0.1) is 0 Å². The number of carbonyl (C=O) groups is 1. The summed E-state index contributed by atoms with van der Waals surface area (Å²) in [7, 11) is 3.14. The predicted octanol–water partition coefficient (Wildman–Crippen LogP) is 0.928. The molecule has 20 heavy (non-hydrogen) atoms. The van der Waals surface area contributed by atoms with Crippen molar-refractivity contribution < 1.29 is 18.7 Å². The fraction of sp³-hybridized carbons (Fsp3) is 0.538. The molecule has 0 aromatic carbocycles. The number of nitrogens with two attached hydrogens (primary N) is 1. The Balaban J connectivity index is 2.82. The van der Waals surface area contributed by atoms with Gasteiger partial charge >= 0.3 is 0 Å². The number of nitrogens with zero attached hydrogens (tertiary/aromatic N) is 2. The Morgan fingerprint density at radius 2 is 2.05 bits per heavy atom. The zero-order valence-corrected chi connectivity index (χ0v) is 11.8. The highest BCUT2D eigenvalue weighted by atomic mass is 19.1. The fourth-order valence-corrected chi connectivity index (χ4v) is 1.71. The fourth-order valence-electron chi connectivity index (χ4n) is 1.71. The molecule has 0 radical (unpaired) electrons. The van der Waals surface area contributed by atoms with E-state index in [2.05, 4.69) is 4.98 Å². The smallest absolute Gasteiger partial charge is 0.257 e. The standard InChI is InChI=1S/C13H20FN3O3/c1-19-6-3-4-17(5-7-20-2)13(18)11-8-10(14)9-16-12(11)15/h8-9H,3-7H2,1-2H3,(H2,15,16). The van der Waals surface area contributed by atoms with Crippen LogP contribution < -0.4 is 5.73 Å². The second-order valence-electron chi connectivity index (χ2n) is 4.22. The van der Waals surface area contributed by atoms with Crippen LogP contribution in [-0.2, 0) is 9.47 Å². The summed E-state index contributed by atoms with van der Waals surface area (Å²) in [6.45, 7) is 1.80. The highest BCUT2D eigenvalue weighted by Gasteiger charge is 2.19. The van der Waals surface area contributed by atoms with Crippen molar-refractivity contribution in [2.45, 2.75) is 6.42 Å². The Kier molecular flexibility index (Phi) is 6.89. The minimum absolute atomic E-state index is 0.0190. The van der Waals surface area contributed by atoms with Crippen LogP contribution in [0, 0.1) is 5.82 Å². The molecule has 0 bridgehead atoms. The zero-order chi connectivity index (χ0) is 15.0. The van der Waals surface area contributed by atoms with Gasteiger partial charge in [-0.3, -0.25) is 4.79 Å². The molecule has 0 saturated carbocycles. The van der Waals surface area contributed by atoms with Gasteiger partial charge in [-0.2, -0.15) is 0 Å². The number of methoxy groups -OCH3 is 2. The Morgan fingerprint density at radius 3 is 2.70 bits per heavy atom. The quantitative estimate of drug-likeness (QED) is 0.719. The van der Waals surface area contributed by atoms with E-state index in [0.29, 0.717) is 32.7 Å². The van der Waals surface area contributed by atoms with E-state index in [0.717, 1.165) is 12.3 Å². The number of carbonyl (C=O) groups excluding carboxylic acids is 1. The molecule has 0 fully saturated rings. The molecule has 7 heteroatoms. The average Bonchev–Trinajstić information content (AvgIpc) is 2.44. The number of halogens is 1. The van der Waals surface area contributed by atoms with Gasteiger partial charge in [-0.1, -0.05) is 0 Å². The van der Waals surface area contributed by atoms with Crippen molar-refractivity contribution in [3.05, 3.63) is 23.6 Å². The van der Waals surface area contributed by atoms with Crippen LogP contribution in [0.1, 0.15) is 16.8 Å². The molecule has 0 aliphatic heterocycles. The van der Waals surface area contributed by atoms with E-state index in [1.807, 2.05) is 0 Å². The molecule has 0 spiro atoms. The lowest BCUT2D eigenvalue weighted by Gasteiger charge is -2.22. The maximum Gasteiger partial charge on any atom is 0.257 e. The number of rotatable bonds is 8. The first-order valence-electron chi connectivity index (χ1n) is 6.28. The molecule has 0 atom stereocenters. The molecule has 112 valence electrons. The van der Waals surface area contributed by atoms with E-state index < -0.39 is 5.82 Å². The number of ether oxygens (including phenoxy) is 2. The summed E-state index contributed by atoms with van der Waals surface area (Å²) in [5, 5.41) is 0. The molecule has 0 saturated heterocycles. The van der Waals surface area contributed by atoms with Gasteiger partial charge in [-0.25, -0.2) is 9.37 Å². The van der Waals surface area contributed by atoms with E-state index in [1.54, 1.807) is 19.1 Å². The van der Waals surface area contributed by atoms with Gasteiger partial charge in [0.2, 0.25) is 0 Å². The van der Waals surface area contributed by atoms with Gasteiger partial charge in [0.15, 0.2) is 0 Å². The molecule has 0 unspecified atom stereocenters. The van der Waals surface area contributed by atoms with E-state index in [4.69, 9.17) is 15.2 Å². The normalized spacial score (nSPS) is 10.6. The van der Waals surface area contributed by atoms with Gasteiger partial charge in [0, 0.05) is 33.9 Å². The van der Waals surface area contributed by atoms with Crippen LogP contribution in [0.3, 0.4) is 0 Å². The molecule has 0 aliphatic rings. The molecule has 1 amide bonds. The van der Waals surface area contributed by atoms with Crippen LogP contribution in [-0.4, -0.2) is 56.3 Å². The summed E-state index contributed by atoms with van der Waals surface area (Å²) in [6, 6.07) is 1.10. The SMILES string of the molecule is COCCCN(CCOC)C(=O)c1cc(F)cnc1N. The van der Waals surface area contributed by atoms with E-state index >= 15 is 0 Å². The summed E-state index contributed by atoms with van der Waals surface area (Å²) in [4.78, 5) is 17.6. The third kappa shape index (κ3) is 4.75. The van der Waals surface area contributed by atoms with Crippen molar-refractivity contribution in [2.24, 2.45) is 0 Å². The lowest BCUT2D eigenvalue weighted by atomic mass is 10.2. The van der Waals surface area contributed by atoms with Crippen LogP contribution in [0.5, 0.6) is 0 Å². The Morgan fingerprint density at radius 1 is 1.35 bits per heavy atom. The third-order valence-electron chi connectivity index (χ3n) is 2.74. The highest BCUT2D eigenvalue weighted by Crippen LogP contribution is 2.13. The van der Waals surface area contributed by atoms with Crippen LogP contribution in [0.4, 0.5) is 10.2 Å². The molecule has 2 N–H and O–H groups in total. The summed E-state index contributed by atoms with van der Waals surface area (Å²) in [5.74, 6) is -0.931. The molecule has 1 aromatic heterocycles. The van der Waals surface area contributed by atoms with Crippen molar-refractivity contribution in [2.75, 3.05) is 46.3 Å². The van der Waals surface area contributed by atoms with E-state index in [1.165, 1.54) is 0 Å². The predicted molar refractivity (Wildman–Crippen MR) is 72.9 cm³/mol. The van der Waals surface area contributed by atoms with Crippen molar-refractivity contribution in [3.8, 4) is 0 Å². The van der Waals surface area contributed by atoms with Gasteiger partial charge in [0.25, 0.3) is 5.91 Å². The molecule has 0 aliphatic carbocycles. The lowest BCUT2D eigenvalue weighted by molar-refractivity contribution is 0.0674. The van der Waals surface area contributed by atoms with Gasteiger partial charge < -0.3 is 20.1 Å². The third-order valence-corrected chi connectivity index (χ3v) is 2.74. The largest absolute Gasteiger partial charge is 0.385 e. The molecule has 1 aromatic rings. The van der Waals surface area contributed by atoms with Crippen molar-refractivity contribution in [1.29, 1.82) is 0 Å². The molecule has 1 rings (SSSR count). The number of anilines is 1. The molecule has 1 heterocycles. The second kappa shape index (κ2) is 8.44. The van der Waals surface area contributed by atoms with Crippen LogP contribution >= 0.6 is 0 Å². The number of amides is 1. The van der Waals surface area contributed by atoms with Crippen LogP contribution in [0.2, 0.25) is 0 Å². The van der Waals surface area contributed by atoms with Gasteiger partial charge in [0.1, 0.15) is 11.6 Å². The molecular formula is C13H20FN3O3. The number of hydrogen-bond acceptors (Lipinski definition) is 5. The minimum Gasteiger partial charge on any atom is -0.385 e. The van der Waals surface area contributed by atoms with Gasteiger partial charge in [-0.05, 0) is 12.5 Å². The lowest BCUT2D eigenvalue weighted by Crippen LogP contribution is -2.35. The number of nitrogen functional groups attached to an aromatic ring is 1. The molecule has 6 nitrogen and oxygen atoms in total. The number of pyridine rings is 1. The number of hydrogen-bond donors (Lipinski definition) is 1. The van der Waals surface area contributed by atoms with Crippen molar-refractivity contribution in [1.82, 2.24) is 9.88 Å². The summed E-state index contributed by atoms with van der Waals surface area (Å²) in [5.41, 5.74) is 5.70. The Bertz CT molecular complexity index is 443. The molecular weight excluding hydrogens is 265 g/mol. The van der Waals surface area contributed by atoms with E-state index in [-0.39, 0.29) is 17.3 Å². The first-order chi connectivity index (χ1) is 9.60. The Labute approximate surface area is 117 Å². The monoisotopic (exact) mass is 285 g/mol. The Hall–Kier alpha value is -1.73. The maximum absolute atomic E-state index is 13.2. The summed E-state index contributed by atoms with van der Waals surface area (Å²) >= 11 is 0. The van der Waals surface area contributed by atoms with Gasteiger partial charge in [0.05, 0.1) is 18.4 Å². The van der Waals surface area contributed by atoms with Crippen molar-refractivity contribution >= 4 is 11.7 Å². The number of aromatic nitrogens is 1. The first kappa shape index (κ1) is 16.3. The summed E-state index contributed by atoms with van der Waals surface area (Å²) < 4.78 is 23.1. The van der Waals surface area contributed by atoms with Crippen LogP contribution in [0.25, 0.3) is 0 Å². The summed E-state index contributed by atoms with van der Waals surface area (Å²) in [6.07, 6.45) is 1.66. The minimum atomic E-state index is -0.592. The van der Waals surface area contributed by atoms with E-state index in [9.17, 15) is 9.18 Å². The average molecular weight is 285 g/mol. The van der Waals surface area contributed by atoms with Crippen LogP contribution in [0.15, 0.2) is 12.3 Å². The van der Waals surface area contributed by atoms with Crippen molar-refractivity contribution in [3.63, 3.8) is 0 Å².